The van der Waals surface area contributed by atoms with Gasteiger partial charge in [-0.3, -0.25) is 0 Å². The molecular weight excluding hydrogens is 239 g/mol. The second-order valence-corrected chi connectivity index (χ2v) is 3.61. The molecule has 2 aromatic rings. The fourth-order valence-electron chi connectivity index (χ4n) is 1.24. The predicted octanol–water partition coefficient (Wildman–Crippen LogP) is 2.81. The molecule has 0 bridgehead atoms. The fourth-order valence-corrected chi connectivity index (χ4v) is 1.73. The first-order valence-electron chi connectivity index (χ1n) is 4.24. The van der Waals surface area contributed by atoms with Crippen molar-refractivity contribution in [2.24, 2.45) is 0 Å². The molecule has 16 heavy (non-hydrogen) atoms. The van der Waals surface area contributed by atoms with Crippen molar-refractivity contribution in [2.45, 2.75) is 6.18 Å². The van der Waals surface area contributed by atoms with Gasteiger partial charge in [-0.25, -0.2) is 0 Å². The zero-order valence-corrected chi connectivity index (χ0v) is 8.64. The van der Waals surface area contributed by atoms with E-state index >= 15 is 0 Å². The number of nitrogens with zero attached hydrogens (tertiary/aromatic N) is 2. The lowest BCUT2D eigenvalue weighted by Crippen LogP contribution is -2.04. The van der Waals surface area contributed by atoms with E-state index in [0.717, 1.165) is 23.9 Å². The van der Waals surface area contributed by atoms with E-state index in [-0.39, 0.29) is 11.5 Å². The van der Waals surface area contributed by atoms with Crippen LogP contribution in [-0.4, -0.2) is 8.75 Å². The van der Waals surface area contributed by atoms with Crippen LogP contribution in [0.3, 0.4) is 0 Å². The van der Waals surface area contributed by atoms with Crippen molar-refractivity contribution >= 4 is 17.5 Å². The van der Waals surface area contributed by atoms with Crippen LogP contribution in [-0.2, 0) is 6.18 Å². The van der Waals surface area contributed by atoms with E-state index < -0.39 is 11.7 Å². The third-order valence-electron chi connectivity index (χ3n) is 1.98. The highest BCUT2D eigenvalue weighted by atomic mass is 32.1. The van der Waals surface area contributed by atoms with E-state index in [9.17, 15) is 13.2 Å². The smallest absolute Gasteiger partial charge is 0.381 e. The van der Waals surface area contributed by atoms with Gasteiger partial charge in [-0.05, 0) is 12.1 Å². The van der Waals surface area contributed by atoms with Gasteiger partial charge in [0.25, 0.3) is 0 Å². The van der Waals surface area contributed by atoms with Gasteiger partial charge in [0.05, 0.1) is 17.3 Å². The number of nitrogen functional groups attached to an aromatic ring is 1. The van der Waals surface area contributed by atoms with Gasteiger partial charge in [0.2, 0.25) is 0 Å². The van der Waals surface area contributed by atoms with Crippen molar-refractivity contribution in [3.63, 3.8) is 0 Å². The standard InChI is InChI=1S/C9H6F3N3S/c10-9(11,12)6-3-1-2-5(4-6)7-8(13)15-16-14-7/h1-4H,(H2,13,15). The highest BCUT2D eigenvalue weighted by Gasteiger charge is 2.30. The van der Waals surface area contributed by atoms with Crippen molar-refractivity contribution in [2.75, 3.05) is 5.73 Å². The molecule has 1 aromatic carbocycles. The molecule has 0 radical (unpaired) electrons. The molecule has 0 amide bonds. The highest BCUT2D eigenvalue weighted by molar-refractivity contribution is 6.99. The Morgan fingerprint density at radius 3 is 2.50 bits per heavy atom. The molecule has 0 unspecified atom stereocenters. The van der Waals surface area contributed by atoms with E-state index in [1.54, 1.807) is 0 Å². The van der Waals surface area contributed by atoms with Crippen LogP contribution in [0.1, 0.15) is 5.56 Å². The van der Waals surface area contributed by atoms with Gasteiger partial charge >= 0.3 is 6.18 Å². The molecule has 0 aliphatic heterocycles. The van der Waals surface area contributed by atoms with Crippen LogP contribution in [0.2, 0.25) is 0 Å². The lowest BCUT2D eigenvalue weighted by atomic mass is 10.1. The fraction of sp³-hybridized carbons (Fsp3) is 0.111. The van der Waals surface area contributed by atoms with Crippen LogP contribution in [0.5, 0.6) is 0 Å². The summed E-state index contributed by atoms with van der Waals surface area (Å²) in [4.78, 5) is 0. The summed E-state index contributed by atoms with van der Waals surface area (Å²) in [6, 6.07) is 4.84. The minimum atomic E-state index is -4.37. The topological polar surface area (TPSA) is 51.8 Å². The summed E-state index contributed by atoms with van der Waals surface area (Å²) in [7, 11) is 0. The van der Waals surface area contributed by atoms with E-state index in [1.165, 1.54) is 12.1 Å². The molecule has 3 nitrogen and oxygen atoms in total. The van der Waals surface area contributed by atoms with Crippen molar-refractivity contribution < 1.29 is 13.2 Å². The summed E-state index contributed by atoms with van der Waals surface area (Å²) < 4.78 is 44.9. The molecule has 7 heteroatoms. The monoisotopic (exact) mass is 245 g/mol. The molecule has 0 fully saturated rings. The normalized spacial score (nSPS) is 11.7. The Labute approximate surface area is 93.1 Å². The number of nitrogens with two attached hydrogens (primary N) is 1. The minimum absolute atomic E-state index is 0.143. The van der Waals surface area contributed by atoms with Gasteiger partial charge in [-0.2, -0.15) is 21.9 Å². The number of hydrogen-bond acceptors (Lipinski definition) is 4. The number of hydrogen-bond donors (Lipinski definition) is 1. The minimum Gasteiger partial charge on any atom is -0.381 e. The Kier molecular flexibility index (Phi) is 2.55. The Morgan fingerprint density at radius 2 is 1.94 bits per heavy atom. The Morgan fingerprint density at radius 1 is 1.19 bits per heavy atom. The van der Waals surface area contributed by atoms with Crippen LogP contribution < -0.4 is 5.73 Å². The third kappa shape index (κ3) is 1.99. The Hall–Kier alpha value is -1.63. The summed E-state index contributed by atoms with van der Waals surface area (Å²) in [5.41, 5.74) is 5.37. The lowest BCUT2D eigenvalue weighted by Gasteiger charge is -2.07. The molecule has 0 saturated heterocycles. The number of aromatic nitrogens is 2. The number of alkyl halides is 3. The van der Waals surface area contributed by atoms with Crippen LogP contribution in [0, 0.1) is 0 Å². The quantitative estimate of drug-likeness (QED) is 0.840. The largest absolute Gasteiger partial charge is 0.416 e. The maximum atomic E-state index is 12.4. The van der Waals surface area contributed by atoms with Crippen molar-refractivity contribution in [1.29, 1.82) is 0 Å². The van der Waals surface area contributed by atoms with Crippen LogP contribution in [0.25, 0.3) is 11.3 Å². The van der Waals surface area contributed by atoms with Crippen molar-refractivity contribution in [1.82, 2.24) is 8.75 Å². The van der Waals surface area contributed by atoms with Crippen LogP contribution in [0.15, 0.2) is 24.3 Å². The first-order chi connectivity index (χ1) is 7.48. The molecule has 0 aliphatic carbocycles. The molecule has 1 aromatic heterocycles. The SMILES string of the molecule is Nc1nsnc1-c1cccc(C(F)(F)F)c1. The second-order valence-electron chi connectivity index (χ2n) is 3.08. The van der Waals surface area contributed by atoms with Gasteiger partial charge in [0, 0.05) is 5.56 Å². The molecule has 84 valence electrons. The summed E-state index contributed by atoms with van der Waals surface area (Å²) in [5.74, 6) is 0.143. The van der Waals surface area contributed by atoms with E-state index in [0.29, 0.717) is 5.56 Å². The first-order valence-corrected chi connectivity index (χ1v) is 4.97. The van der Waals surface area contributed by atoms with Crippen molar-refractivity contribution in [3.8, 4) is 11.3 Å². The maximum Gasteiger partial charge on any atom is 0.416 e. The Balaban J connectivity index is 2.49. The number of benzene rings is 1. The van der Waals surface area contributed by atoms with E-state index in [2.05, 4.69) is 8.75 Å². The zero-order valence-electron chi connectivity index (χ0n) is 7.82. The van der Waals surface area contributed by atoms with Gasteiger partial charge in [-0.1, -0.05) is 12.1 Å². The predicted molar refractivity (Wildman–Crippen MR) is 54.8 cm³/mol. The van der Waals surface area contributed by atoms with E-state index in [4.69, 9.17) is 5.73 Å². The average molecular weight is 245 g/mol. The highest BCUT2D eigenvalue weighted by Crippen LogP contribution is 2.32. The summed E-state index contributed by atoms with van der Waals surface area (Å²) >= 11 is 0.868. The van der Waals surface area contributed by atoms with Gasteiger partial charge in [0.1, 0.15) is 5.69 Å². The van der Waals surface area contributed by atoms with E-state index in [1.807, 2.05) is 0 Å². The molecule has 0 atom stereocenters. The van der Waals surface area contributed by atoms with Crippen LogP contribution in [0.4, 0.5) is 19.0 Å². The first kappa shape index (κ1) is 10.9. The van der Waals surface area contributed by atoms with Crippen LogP contribution >= 0.6 is 11.7 Å². The second kappa shape index (κ2) is 3.75. The van der Waals surface area contributed by atoms with Crippen molar-refractivity contribution in [3.05, 3.63) is 29.8 Å². The molecule has 1 heterocycles. The molecule has 2 N–H and O–H groups in total. The molecule has 2 rings (SSSR count). The lowest BCUT2D eigenvalue weighted by molar-refractivity contribution is -0.137. The number of halogens is 3. The van der Waals surface area contributed by atoms with Gasteiger partial charge in [-0.15, -0.1) is 0 Å². The maximum absolute atomic E-state index is 12.4. The molecular formula is C9H6F3N3S. The van der Waals surface area contributed by atoms with Gasteiger partial charge < -0.3 is 5.73 Å². The number of anilines is 1. The molecule has 0 spiro atoms. The zero-order chi connectivity index (χ0) is 11.8. The average Bonchev–Trinajstić information content (AvgIpc) is 2.63. The summed E-state index contributed by atoms with van der Waals surface area (Å²) in [5, 5.41) is 0. The third-order valence-corrected chi connectivity index (χ3v) is 2.52. The molecule has 0 saturated carbocycles. The molecule has 0 aliphatic rings. The summed E-state index contributed by atoms with van der Waals surface area (Å²) in [6.45, 7) is 0. The summed E-state index contributed by atoms with van der Waals surface area (Å²) in [6.07, 6.45) is -4.37. The Bertz CT molecular complexity index is 507. The number of rotatable bonds is 1. The van der Waals surface area contributed by atoms with Gasteiger partial charge in [0.15, 0.2) is 5.82 Å².